The summed E-state index contributed by atoms with van der Waals surface area (Å²) in [5.41, 5.74) is 2.30. The van der Waals surface area contributed by atoms with Crippen LogP contribution in [-0.2, 0) is 9.53 Å². The first-order valence-electron chi connectivity index (χ1n) is 3.23. The Kier molecular flexibility index (Phi) is 4.02. The third-order valence-corrected chi connectivity index (χ3v) is 1.06. The van der Waals surface area contributed by atoms with Crippen LogP contribution >= 0.6 is 0 Å². The van der Waals surface area contributed by atoms with E-state index in [1.54, 1.807) is 6.92 Å². The van der Waals surface area contributed by atoms with Gasteiger partial charge < -0.3 is 4.74 Å². The first-order valence-corrected chi connectivity index (χ1v) is 3.23. The van der Waals surface area contributed by atoms with Gasteiger partial charge in [0.15, 0.2) is 0 Å². The number of hydrogen-bond donors (Lipinski definition) is 1. The highest BCUT2D eigenvalue weighted by atomic mass is 16.5. The van der Waals surface area contributed by atoms with Crippen molar-refractivity contribution in [2.75, 3.05) is 14.2 Å². The number of ether oxygens (including phenoxy) is 1. The van der Waals surface area contributed by atoms with Crippen LogP contribution in [0.15, 0.2) is 0 Å². The average Bonchev–Trinajstić information content (AvgIpc) is 2.02. The molecule has 0 unspecified atom stereocenters. The van der Waals surface area contributed by atoms with Crippen molar-refractivity contribution in [3.05, 3.63) is 0 Å². The van der Waals surface area contributed by atoms with E-state index in [-0.39, 0.29) is 5.91 Å². The maximum atomic E-state index is 10.7. The second-order valence-corrected chi connectivity index (χ2v) is 1.92. The molecule has 0 aromatic heterocycles. The van der Waals surface area contributed by atoms with E-state index in [0.29, 0.717) is 6.42 Å². The summed E-state index contributed by atoms with van der Waals surface area (Å²) in [6.07, 6.45) is -0.256. The van der Waals surface area contributed by atoms with Gasteiger partial charge >= 0.3 is 6.09 Å². The van der Waals surface area contributed by atoms with Crippen molar-refractivity contribution >= 4 is 12.0 Å². The molecule has 0 radical (unpaired) electrons. The number of hydrazine groups is 1. The monoisotopic (exact) mass is 160 g/mol. The van der Waals surface area contributed by atoms with Crippen molar-refractivity contribution in [2.24, 2.45) is 0 Å². The van der Waals surface area contributed by atoms with Gasteiger partial charge in [0.25, 0.3) is 0 Å². The minimum atomic E-state index is -0.591. The Morgan fingerprint density at radius 3 is 2.45 bits per heavy atom. The molecule has 0 heterocycles. The molecular weight excluding hydrogens is 148 g/mol. The van der Waals surface area contributed by atoms with Crippen LogP contribution in [0.5, 0.6) is 0 Å². The number of carbonyl (C=O) groups is 2. The van der Waals surface area contributed by atoms with Crippen molar-refractivity contribution in [3.8, 4) is 0 Å². The molecule has 0 aromatic carbocycles. The van der Waals surface area contributed by atoms with Crippen LogP contribution in [-0.4, -0.2) is 31.2 Å². The summed E-state index contributed by atoms with van der Waals surface area (Å²) in [6, 6.07) is 0. The minimum Gasteiger partial charge on any atom is -0.452 e. The average molecular weight is 160 g/mol. The maximum Gasteiger partial charge on any atom is 0.428 e. The van der Waals surface area contributed by atoms with Crippen LogP contribution in [0.25, 0.3) is 0 Å². The number of nitrogens with one attached hydrogen (secondary N) is 1. The minimum absolute atomic E-state index is 0.224. The lowest BCUT2D eigenvalue weighted by Gasteiger charge is -2.15. The molecule has 0 aromatic rings. The second-order valence-electron chi connectivity index (χ2n) is 1.92. The fourth-order valence-electron chi connectivity index (χ4n) is 0.449. The number of carbonyl (C=O) groups excluding carboxylic acids is 2. The summed E-state index contributed by atoms with van der Waals surface area (Å²) >= 11 is 0. The van der Waals surface area contributed by atoms with E-state index in [1.807, 2.05) is 0 Å². The third kappa shape index (κ3) is 3.44. The summed E-state index contributed by atoms with van der Waals surface area (Å²) in [6.45, 7) is 1.69. The summed E-state index contributed by atoms with van der Waals surface area (Å²) in [4.78, 5) is 21.3. The topological polar surface area (TPSA) is 58.6 Å². The molecular formula is C6H12N2O3. The Morgan fingerprint density at radius 1 is 1.55 bits per heavy atom. The number of methoxy groups -OCH3 is 1. The van der Waals surface area contributed by atoms with Crippen molar-refractivity contribution in [1.82, 2.24) is 10.4 Å². The van der Waals surface area contributed by atoms with Crippen molar-refractivity contribution in [1.29, 1.82) is 0 Å². The molecule has 1 N–H and O–H groups in total. The molecule has 0 saturated carbocycles. The molecule has 0 fully saturated rings. The van der Waals surface area contributed by atoms with Gasteiger partial charge in [-0.15, -0.1) is 0 Å². The SMILES string of the molecule is CCC(=O)NN(C)C(=O)OC. The summed E-state index contributed by atoms with van der Waals surface area (Å²) in [7, 11) is 2.66. The standard InChI is InChI=1S/C6H12N2O3/c1-4-5(9)7-8(2)6(10)11-3/h4H2,1-3H3,(H,7,9). The highest BCUT2D eigenvalue weighted by Crippen LogP contribution is 1.84. The van der Waals surface area contributed by atoms with Gasteiger partial charge in [0.05, 0.1) is 7.11 Å². The van der Waals surface area contributed by atoms with E-state index >= 15 is 0 Å². The van der Waals surface area contributed by atoms with Crippen LogP contribution in [0.1, 0.15) is 13.3 Å². The van der Waals surface area contributed by atoms with Gasteiger partial charge in [-0.25, -0.2) is 9.80 Å². The van der Waals surface area contributed by atoms with Crippen LogP contribution in [0.3, 0.4) is 0 Å². The summed E-state index contributed by atoms with van der Waals surface area (Å²) in [5.74, 6) is -0.224. The Balaban J connectivity index is 3.77. The highest BCUT2D eigenvalue weighted by molar-refractivity contribution is 5.78. The quantitative estimate of drug-likeness (QED) is 0.554. The van der Waals surface area contributed by atoms with E-state index in [4.69, 9.17) is 0 Å². The molecule has 0 rings (SSSR count). The molecule has 11 heavy (non-hydrogen) atoms. The van der Waals surface area contributed by atoms with E-state index in [1.165, 1.54) is 14.2 Å². The molecule has 0 aliphatic heterocycles. The molecule has 5 heteroatoms. The molecule has 0 saturated heterocycles. The molecule has 0 bridgehead atoms. The first-order chi connectivity index (χ1) is 5.11. The van der Waals surface area contributed by atoms with Crippen LogP contribution < -0.4 is 5.43 Å². The van der Waals surface area contributed by atoms with Crippen LogP contribution in [0.2, 0.25) is 0 Å². The maximum absolute atomic E-state index is 10.7. The van der Waals surface area contributed by atoms with Gasteiger partial charge in [0.1, 0.15) is 0 Å². The number of nitrogens with zero attached hydrogens (tertiary/aromatic N) is 1. The molecule has 0 atom stereocenters. The van der Waals surface area contributed by atoms with Gasteiger partial charge in [-0.2, -0.15) is 0 Å². The van der Waals surface area contributed by atoms with Gasteiger partial charge in [0, 0.05) is 13.5 Å². The van der Waals surface area contributed by atoms with Gasteiger partial charge in [-0.1, -0.05) is 6.92 Å². The zero-order chi connectivity index (χ0) is 8.85. The summed E-state index contributed by atoms with van der Waals surface area (Å²) < 4.78 is 4.33. The lowest BCUT2D eigenvalue weighted by Crippen LogP contribution is -2.42. The molecule has 64 valence electrons. The fraction of sp³-hybridized carbons (Fsp3) is 0.667. The predicted octanol–water partition coefficient (Wildman–Crippen LogP) is 0.126. The van der Waals surface area contributed by atoms with E-state index in [2.05, 4.69) is 10.2 Å². The third-order valence-electron chi connectivity index (χ3n) is 1.06. The van der Waals surface area contributed by atoms with E-state index in [0.717, 1.165) is 5.01 Å². The van der Waals surface area contributed by atoms with Crippen LogP contribution in [0.4, 0.5) is 4.79 Å². The van der Waals surface area contributed by atoms with Gasteiger partial charge in [0.2, 0.25) is 5.91 Å². The van der Waals surface area contributed by atoms with Crippen molar-refractivity contribution in [3.63, 3.8) is 0 Å². The predicted molar refractivity (Wildman–Crippen MR) is 38.6 cm³/mol. The number of hydrogen-bond acceptors (Lipinski definition) is 3. The zero-order valence-electron chi connectivity index (χ0n) is 6.88. The van der Waals surface area contributed by atoms with Crippen molar-refractivity contribution in [2.45, 2.75) is 13.3 Å². The Labute approximate surface area is 65.3 Å². The molecule has 5 nitrogen and oxygen atoms in total. The molecule has 0 spiro atoms. The fourth-order valence-corrected chi connectivity index (χ4v) is 0.449. The van der Waals surface area contributed by atoms with Crippen LogP contribution in [0, 0.1) is 0 Å². The molecule has 0 aliphatic rings. The van der Waals surface area contributed by atoms with E-state index < -0.39 is 6.09 Å². The lowest BCUT2D eigenvalue weighted by molar-refractivity contribution is -0.124. The molecule has 0 aliphatic carbocycles. The Bertz CT molecular complexity index is 158. The van der Waals surface area contributed by atoms with Gasteiger partial charge in [-0.05, 0) is 0 Å². The Morgan fingerprint density at radius 2 is 2.09 bits per heavy atom. The smallest absolute Gasteiger partial charge is 0.428 e. The zero-order valence-corrected chi connectivity index (χ0v) is 6.88. The Hall–Kier alpha value is -1.26. The first kappa shape index (κ1) is 9.74. The highest BCUT2D eigenvalue weighted by Gasteiger charge is 2.08. The van der Waals surface area contributed by atoms with Crippen molar-refractivity contribution < 1.29 is 14.3 Å². The number of rotatable bonds is 1. The normalized spacial score (nSPS) is 8.64. The lowest BCUT2D eigenvalue weighted by atomic mass is 10.5. The van der Waals surface area contributed by atoms with Gasteiger partial charge in [-0.3, -0.25) is 10.2 Å². The van der Waals surface area contributed by atoms with E-state index in [9.17, 15) is 9.59 Å². The number of amides is 2. The largest absolute Gasteiger partial charge is 0.452 e. The second kappa shape index (κ2) is 4.54. The molecule has 2 amide bonds. The summed E-state index contributed by atoms with van der Waals surface area (Å²) in [5, 5.41) is 0.992.